The molecule has 0 aliphatic carbocycles. The number of alkyl halides is 2. The summed E-state index contributed by atoms with van der Waals surface area (Å²) in [4.78, 5) is 10.3. The van der Waals surface area contributed by atoms with Crippen LogP contribution in [-0.4, -0.2) is 23.1 Å². The fourth-order valence-electron chi connectivity index (χ4n) is 2.80. The second-order valence-electron chi connectivity index (χ2n) is 5.81. The molecule has 0 spiro atoms. The predicted molar refractivity (Wildman–Crippen MR) is 98.2 cm³/mol. The average Bonchev–Trinajstić information content (AvgIpc) is 3.04. The molecule has 10 heteroatoms. The highest BCUT2D eigenvalue weighted by atomic mass is 32.2. The number of nitro groups is 1. The van der Waals surface area contributed by atoms with E-state index in [1.807, 2.05) is 0 Å². The Hall–Kier alpha value is -3.14. The zero-order valence-corrected chi connectivity index (χ0v) is 14.9. The minimum atomic E-state index is -4.17. The maximum Gasteiger partial charge on any atom is 0.279 e. The van der Waals surface area contributed by atoms with Gasteiger partial charge in [-0.15, -0.1) is 0 Å². The van der Waals surface area contributed by atoms with Gasteiger partial charge in [-0.2, -0.15) is 0 Å². The summed E-state index contributed by atoms with van der Waals surface area (Å²) >= 11 is 0. The van der Waals surface area contributed by atoms with E-state index in [0.29, 0.717) is 10.2 Å². The lowest BCUT2D eigenvalue weighted by Gasteiger charge is -2.05. The number of nitrogens with zero attached hydrogens (tertiary/aromatic N) is 2. The van der Waals surface area contributed by atoms with Gasteiger partial charge in [0.2, 0.25) is 10.0 Å². The van der Waals surface area contributed by atoms with E-state index in [0.717, 1.165) is 6.07 Å². The predicted octanol–water partition coefficient (Wildman–Crippen LogP) is 4.52. The minimum absolute atomic E-state index is 0.166. The van der Waals surface area contributed by atoms with E-state index in [1.54, 1.807) is 6.07 Å². The Kier molecular flexibility index (Phi) is 5.23. The van der Waals surface area contributed by atoms with Crippen molar-refractivity contribution in [1.82, 2.24) is 3.97 Å². The average molecular weight is 410 g/mol. The van der Waals surface area contributed by atoms with E-state index in [1.165, 1.54) is 42.5 Å². The molecule has 3 aromatic rings. The summed E-state index contributed by atoms with van der Waals surface area (Å²) in [5, 5.41) is 10.7. The van der Waals surface area contributed by atoms with Crippen molar-refractivity contribution >= 4 is 32.7 Å². The molecule has 0 aliphatic heterocycles. The van der Waals surface area contributed by atoms with Crippen LogP contribution in [0.3, 0.4) is 0 Å². The Morgan fingerprint density at radius 3 is 2.50 bits per heavy atom. The third kappa shape index (κ3) is 3.63. The number of hydrogen-bond acceptors (Lipinski definition) is 4. The van der Waals surface area contributed by atoms with Gasteiger partial charge in [-0.1, -0.05) is 36.4 Å². The van der Waals surface area contributed by atoms with Crippen LogP contribution in [0.15, 0.2) is 54.7 Å². The van der Waals surface area contributed by atoms with Gasteiger partial charge in [0.25, 0.3) is 12.1 Å². The van der Waals surface area contributed by atoms with E-state index >= 15 is 0 Å². The fraction of sp³-hybridized carbons (Fsp3) is 0.111. The number of fused-ring (bicyclic) bond motifs is 1. The summed E-state index contributed by atoms with van der Waals surface area (Å²) in [7, 11) is -4.17. The van der Waals surface area contributed by atoms with Crippen molar-refractivity contribution in [2.75, 3.05) is 5.75 Å². The maximum atomic E-state index is 13.6. The van der Waals surface area contributed by atoms with Crippen molar-refractivity contribution < 1.29 is 26.5 Å². The summed E-state index contributed by atoms with van der Waals surface area (Å²) in [6, 6.07) is 9.18. The molecule has 146 valence electrons. The number of benzene rings is 2. The molecule has 0 saturated carbocycles. The molecule has 0 unspecified atom stereocenters. The molecule has 0 N–H and O–H groups in total. The van der Waals surface area contributed by atoms with E-state index in [9.17, 15) is 31.7 Å². The van der Waals surface area contributed by atoms with Crippen LogP contribution < -0.4 is 0 Å². The monoisotopic (exact) mass is 410 g/mol. The van der Waals surface area contributed by atoms with Gasteiger partial charge in [-0.05, 0) is 12.1 Å². The van der Waals surface area contributed by atoms with Gasteiger partial charge in [0.1, 0.15) is 5.82 Å². The van der Waals surface area contributed by atoms with Crippen LogP contribution in [0.25, 0.3) is 17.0 Å². The number of aromatic nitrogens is 1. The molecule has 3 rings (SSSR count). The molecule has 0 amide bonds. The highest BCUT2D eigenvalue weighted by Gasteiger charge is 2.27. The zero-order valence-electron chi connectivity index (χ0n) is 14.1. The van der Waals surface area contributed by atoms with Crippen LogP contribution in [0.5, 0.6) is 0 Å². The Bertz CT molecular complexity index is 1190. The van der Waals surface area contributed by atoms with Crippen molar-refractivity contribution in [3.8, 4) is 0 Å². The fourth-order valence-corrected chi connectivity index (χ4v) is 4.03. The second-order valence-corrected chi connectivity index (χ2v) is 7.70. The molecule has 0 saturated heterocycles. The molecular weight excluding hydrogens is 397 g/mol. The quantitative estimate of drug-likeness (QED) is 0.442. The lowest BCUT2D eigenvalue weighted by molar-refractivity contribution is -0.383. The van der Waals surface area contributed by atoms with Crippen LogP contribution in [0.1, 0.15) is 17.6 Å². The first-order valence-electron chi connectivity index (χ1n) is 7.93. The Balaban J connectivity index is 2.06. The highest BCUT2D eigenvalue weighted by Crippen LogP contribution is 2.36. The second kappa shape index (κ2) is 7.47. The van der Waals surface area contributed by atoms with Gasteiger partial charge in [0.05, 0.1) is 27.1 Å². The smallest absolute Gasteiger partial charge is 0.258 e. The summed E-state index contributed by atoms with van der Waals surface area (Å²) < 4.78 is 66.2. The van der Waals surface area contributed by atoms with Crippen molar-refractivity contribution in [3.05, 3.63) is 81.8 Å². The molecule has 0 aliphatic rings. The van der Waals surface area contributed by atoms with Crippen molar-refractivity contribution in [3.63, 3.8) is 0 Å². The number of rotatable bonds is 6. The summed E-state index contributed by atoms with van der Waals surface area (Å²) in [6.07, 6.45) is 0.0248. The molecule has 0 bridgehead atoms. The first-order chi connectivity index (χ1) is 13.2. The molecule has 2 aromatic carbocycles. The molecule has 1 heterocycles. The van der Waals surface area contributed by atoms with Gasteiger partial charge >= 0.3 is 0 Å². The van der Waals surface area contributed by atoms with Gasteiger partial charge < -0.3 is 0 Å². The Morgan fingerprint density at radius 1 is 1.14 bits per heavy atom. The van der Waals surface area contributed by atoms with Crippen LogP contribution in [0, 0.1) is 15.9 Å². The molecule has 0 radical (unpaired) electrons. The molecular formula is C18H13F3N2O4S. The van der Waals surface area contributed by atoms with E-state index in [2.05, 4.69) is 0 Å². The Labute approximate surface area is 157 Å². The lowest BCUT2D eigenvalue weighted by Crippen LogP contribution is -2.14. The molecule has 6 nitrogen and oxygen atoms in total. The van der Waals surface area contributed by atoms with Crippen molar-refractivity contribution in [2.45, 2.75) is 6.43 Å². The zero-order chi connectivity index (χ0) is 20.5. The van der Waals surface area contributed by atoms with E-state index in [-0.39, 0.29) is 11.1 Å². The maximum absolute atomic E-state index is 13.6. The lowest BCUT2D eigenvalue weighted by atomic mass is 10.1. The first kappa shape index (κ1) is 19.6. The van der Waals surface area contributed by atoms with E-state index < -0.39 is 49.6 Å². The minimum Gasteiger partial charge on any atom is -0.258 e. The van der Waals surface area contributed by atoms with Crippen LogP contribution in [0.4, 0.5) is 18.9 Å². The topological polar surface area (TPSA) is 82.2 Å². The molecule has 0 atom stereocenters. The summed E-state index contributed by atoms with van der Waals surface area (Å²) in [5.41, 5.74) is -1.41. The van der Waals surface area contributed by atoms with Gasteiger partial charge in [-0.25, -0.2) is 25.6 Å². The Morgan fingerprint density at radius 2 is 1.86 bits per heavy atom. The van der Waals surface area contributed by atoms with Crippen molar-refractivity contribution in [1.29, 1.82) is 0 Å². The van der Waals surface area contributed by atoms with E-state index in [4.69, 9.17) is 0 Å². The number of halogens is 3. The third-order valence-corrected chi connectivity index (χ3v) is 5.56. The van der Waals surface area contributed by atoms with Crippen LogP contribution in [-0.2, 0) is 10.0 Å². The van der Waals surface area contributed by atoms with Crippen LogP contribution >= 0.6 is 0 Å². The van der Waals surface area contributed by atoms with Gasteiger partial charge in [-0.3, -0.25) is 10.1 Å². The molecule has 0 fully saturated rings. The van der Waals surface area contributed by atoms with Crippen LogP contribution in [0.2, 0.25) is 0 Å². The highest BCUT2D eigenvalue weighted by molar-refractivity contribution is 7.90. The van der Waals surface area contributed by atoms with Gasteiger partial charge in [0.15, 0.2) is 0 Å². The molecule has 1 aromatic heterocycles. The third-order valence-electron chi connectivity index (χ3n) is 4.04. The molecule has 28 heavy (non-hydrogen) atoms. The van der Waals surface area contributed by atoms with Gasteiger partial charge in [0, 0.05) is 17.8 Å². The summed E-state index contributed by atoms with van der Waals surface area (Å²) in [6.45, 7) is 0. The number of non-ortho nitro benzene ring substituents is 1. The SMILES string of the molecule is O=[N+]([O-])c1cccc2c1c(C(F)F)cn2S(=O)(=O)CC=Cc1ccccc1F. The largest absolute Gasteiger partial charge is 0.279 e. The number of nitro benzene ring substituents is 1. The van der Waals surface area contributed by atoms with Crippen molar-refractivity contribution in [2.24, 2.45) is 0 Å². The number of hydrogen-bond donors (Lipinski definition) is 0. The summed E-state index contributed by atoms with van der Waals surface area (Å²) in [5.74, 6) is -1.16. The standard InChI is InChI=1S/C18H13F3N2O4S/c19-14-7-2-1-5-12(14)6-4-10-28(26,27)22-11-13(18(20)21)17-15(22)8-3-9-16(17)23(24)25/h1-9,11,18H,10H2. The first-order valence-corrected chi connectivity index (χ1v) is 9.54. The normalized spacial score (nSPS) is 12.3.